The van der Waals surface area contributed by atoms with Crippen molar-refractivity contribution in [3.8, 4) is 33.6 Å². The molecule has 7 rings (SSSR count). The van der Waals surface area contributed by atoms with Crippen LogP contribution in [0.25, 0.3) is 33.6 Å². The van der Waals surface area contributed by atoms with Gasteiger partial charge in [-0.15, -0.1) is 0 Å². The van der Waals surface area contributed by atoms with Gasteiger partial charge in [-0.05, 0) is 72.6 Å². The number of likely N-dealkylation sites (tertiary alicyclic amines) is 2. The van der Waals surface area contributed by atoms with Gasteiger partial charge in [0, 0.05) is 26.3 Å². The standard InChI is InChI=1S/C42H52N8O7/c1-25(2)35(47-41(53)55-3)39(51)49-19-5-7-33(49)37-43-23-31(45-37)28-13-9-26(10-14-28)27-11-15-29(16-12-27)32-24-44-38(46-32)34-8-6-20-50(34)40(52)36(48-42(54)56-4)30-17-21-57-22-18-30/h9-16,23-25,30,33-36H,5-8,17-22H2,1-4H3,(H,43,45)(H,44,46)(H,47,53)(H,48,54)/t33-,34-,35-,36-/m0/s1. The van der Waals surface area contributed by atoms with Gasteiger partial charge in [0.2, 0.25) is 11.8 Å². The maximum atomic E-state index is 13.9. The van der Waals surface area contributed by atoms with E-state index in [2.05, 4.69) is 74.1 Å². The summed E-state index contributed by atoms with van der Waals surface area (Å²) in [6, 6.07) is 14.7. The van der Waals surface area contributed by atoms with E-state index in [1.807, 2.05) is 24.9 Å². The van der Waals surface area contributed by atoms with E-state index in [1.165, 1.54) is 14.2 Å². The molecule has 0 bridgehead atoms. The number of nitrogens with one attached hydrogen (secondary N) is 4. The second-order valence-electron chi connectivity index (χ2n) is 15.3. The van der Waals surface area contributed by atoms with Crippen molar-refractivity contribution < 1.29 is 33.4 Å². The van der Waals surface area contributed by atoms with E-state index in [-0.39, 0.29) is 35.7 Å². The summed E-state index contributed by atoms with van der Waals surface area (Å²) in [5.74, 6) is 1.06. The van der Waals surface area contributed by atoms with Crippen molar-refractivity contribution in [2.24, 2.45) is 11.8 Å². The molecule has 2 aromatic heterocycles. The molecule has 3 aliphatic rings. The van der Waals surface area contributed by atoms with Gasteiger partial charge in [0.25, 0.3) is 0 Å². The highest BCUT2D eigenvalue weighted by atomic mass is 16.5. The van der Waals surface area contributed by atoms with Crippen LogP contribution in [0, 0.1) is 11.8 Å². The molecule has 4 amide bonds. The number of imidazole rings is 2. The first-order chi connectivity index (χ1) is 27.6. The third-order valence-electron chi connectivity index (χ3n) is 11.5. The summed E-state index contributed by atoms with van der Waals surface area (Å²) in [6.45, 7) is 6.10. The van der Waals surface area contributed by atoms with Crippen LogP contribution < -0.4 is 10.6 Å². The Hall–Kier alpha value is -5.70. The van der Waals surface area contributed by atoms with E-state index < -0.39 is 24.3 Å². The molecule has 3 fully saturated rings. The number of rotatable bonds is 11. The maximum absolute atomic E-state index is 13.9. The highest BCUT2D eigenvalue weighted by molar-refractivity contribution is 5.87. The summed E-state index contributed by atoms with van der Waals surface area (Å²) in [6.07, 6.45) is 7.01. The Morgan fingerprint density at radius 1 is 0.684 bits per heavy atom. The summed E-state index contributed by atoms with van der Waals surface area (Å²) in [5, 5.41) is 5.50. The zero-order chi connectivity index (χ0) is 40.1. The van der Waals surface area contributed by atoms with Crippen LogP contribution in [0.5, 0.6) is 0 Å². The highest BCUT2D eigenvalue weighted by Crippen LogP contribution is 2.35. The predicted octanol–water partition coefficient (Wildman–Crippen LogP) is 5.99. The normalized spacial score (nSPS) is 19.7. The maximum Gasteiger partial charge on any atom is 0.407 e. The highest BCUT2D eigenvalue weighted by Gasteiger charge is 2.40. The summed E-state index contributed by atoms with van der Waals surface area (Å²) < 4.78 is 15.1. The molecule has 0 unspecified atom stereocenters. The Morgan fingerprint density at radius 2 is 1.14 bits per heavy atom. The van der Waals surface area contributed by atoms with Crippen molar-refractivity contribution >= 4 is 24.0 Å². The van der Waals surface area contributed by atoms with Crippen LogP contribution >= 0.6 is 0 Å². The van der Waals surface area contributed by atoms with Gasteiger partial charge in [0.05, 0.1) is 50.1 Å². The van der Waals surface area contributed by atoms with Crippen molar-refractivity contribution in [3.05, 3.63) is 72.6 Å². The van der Waals surface area contributed by atoms with Crippen molar-refractivity contribution in [3.63, 3.8) is 0 Å². The number of ether oxygens (including phenoxy) is 3. The minimum atomic E-state index is -0.689. The van der Waals surface area contributed by atoms with Crippen LogP contribution in [0.2, 0.25) is 0 Å². The molecule has 4 aromatic rings. The molecule has 5 heterocycles. The van der Waals surface area contributed by atoms with Gasteiger partial charge in [-0.1, -0.05) is 62.4 Å². The topological polar surface area (TPSA) is 184 Å². The van der Waals surface area contributed by atoms with Gasteiger partial charge >= 0.3 is 12.2 Å². The number of methoxy groups -OCH3 is 2. The number of nitrogens with zero attached hydrogens (tertiary/aromatic N) is 4. The summed E-state index contributed by atoms with van der Waals surface area (Å²) in [7, 11) is 2.59. The van der Waals surface area contributed by atoms with Crippen molar-refractivity contribution in [1.82, 2.24) is 40.4 Å². The molecule has 0 saturated carbocycles. The molecule has 302 valence electrons. The van der Waals surface area contributed by atoms with Crippen LogP contribution in [0.15, 0.2) is 60.9 Å². The monoisotopic (exact) mass is 780 g/mol. The third kappa shape index (κ3) is 8.68. The Labute approximate surface area is 332 Å². The number of aromatic nitrogens is 4. The quantitative estimate of drug-likeness (QED) is 0.142. The second kappa shape index (κ2) is 17.6. The average molecular weight is 781 g/mol. The van der Waals surface area contributed by atoms with Gasteiger partial charge in [0.15, 0.2) is 0 Å². The van der Waals surface area contributed by atoms with E-state index in [0.29, 0.717) is 39.1 Å². The predicted molar refractivity (Wildman–Crippen MR) is 211 cm³/mol. The molecule has 3 aliphatic heterocycles. The molecule has 4 N–H and O–H groups in total. The summed E-state index contributed by atoms with van der Waals surface area (Å²) in [5.41, 5.74) is 5.78. The van der Waals surface area contributed by atoms with E-state index in [1.54, 1.807) is 11.1 Å². The van der Waals surface area contributed by atoms with E-state index in [9.17, 15) is 19.2 Å². The number of hydrogen-bond acceptors (Lipinski definition) is 9. The minimum absolute atomic E-state index is 0.0266. The first kappa shape index (κ1) is 39.5. The van der Waals surface area contributed by atoms with Gasteiger partial charge in [-0.3, -0.25) is 9.59 Å². The van der Waals surface area contributed by atoms with Crippen LogP contribution in [0.3, 0.4) is 0 Å². The molecule has 4 atom stereocenters. The Kier molecular flexibility index (Phi) is 12.2. The molecule has 0 spiro atoms. The third-order valence-corrected chi connectivity index (χ3v) is 11.5. The smallest absolute Gasteiger partial charge is 0.407 e. The first-order valence-corrected chi connectivity index (χ1v) is 19.8. The molecule has 15 heteroatoms. The number of H-pyrrole nitrogens is 2. The van der Waals surface area contributed by atoms with Crippen LogP contribution in [-0.4, -0.2) is 106 Å². The van der Waals surface area contributed by atoms with Crippen LogP contribution in [0.1, 0.15) is 76.1 Å². The lowest BCUT2D eigenvalue weighted by Crippen LogP contribution is -2.53. The summed E-state index contributed by atoms with van der Waals surface area (Å²) >= 11 is 0. The minimum Gasteiger partial charge on any atom is -0.453 e. The largest absolute Gasteiger partial charge is 0.453 e. The molecule has 3 saturated heterocycles. The van der Waals surface area contributed by atoms with Gasteiger partial charge in [0.1, 0.15) is 23.7 Å². The van der Waals surface area contributed by atoms with Crippen molar-refractivity contribution in [1.29, 1.82) is 0 Å². The fourth-order valence-corrected chi connectivity index (χ4v) is 8.29. The lowest BCUT2D eigenvalue weighted by Gasteiger charge is -2.34. The molecular weight excluding hydrogens is 729 g/mol. The lowest BCUT2D eigenvalue weighted by atomic mass is 9.90. The number of alkyl carbamates (subject to hydrolysis) is 2. The fraction of sp³-hybridized carbons (Fsp3) is 0.476. The van der Waals surface area contributed by atoms with Crippen molar-refractivity contribution in [2.45, 2.75) is 76.5 Å². The Bertz CT molecular complexity index is 2020. The number of hydrogen-bond donors (Lipinski definition) is 4. The average Bonchev–Trinajstić information content (AvgIpc) is 4.09. The molecule has 2 aromatic carbocycles. The Morgan fingerprint density at radius 3 is 1.61 bits per heavy atom. The second-order valence-corrected chi connectivity index (χ2v) is 15.3. The van der Waals surface area contributed by atoms with Crippen LogP contribution in [0.4, 0.5) is 9.59 Å². The van der Waals surface area contributed by atoms with E-state index in [0.717, 1.165) is 71.0 Å². The van der Waals surface area contributed by atoms with Gasteiger partial charge in [-0.2, -0.15) is 0 Å². The molecule has 0 radical (unpaired) electrons. The lowest BCUT2D eigenvalue weighted by molar-refractivity contribution is -0.137. The molecule has 0 aliphatic carbocycles. The van der Waals surface area contributed by atoms with Gasteiger partial charge in [-0.25, -0.2) is 19.6 Å². The zero-order valence-electron chi connectivity index (χ0n) is 33.0. The summed E-state index contributed by atoms with van der Waals surface area (Å²) in [4.78, 5) is 71.6. The fourth-order valence-electron chi connectivity index (χ4n) is 8.29. The molecular formula is C42H52N8O7. The van der Waals surface area contributed by atoms with Crippen LogP contribution in [-0.2, 0) is 23.8 Å². The number of carbonyl (C=O) groups is 4. The van der Waals surface area contributed by atoms with E-state index in [4.69, 9.17) is 19.2 Å². The molecule has 15 nitrogen and oxygen atoms in total. The number of carbonyl (C=O) groups excluding carboxylic acids is 4. The van der Waals surface area contributed by atoms with Gasteiger partial charge < -0.3 is 44.6 Å². The van der Waals surface area contributed by atoms with Crippen molar-refractivity contribution in [2.75, 3.05) is 40.5 Å². The number of benzene rings is 2. The zero-order valence-corrected chi connectivity index (χ0v) is 33.0. The molecule has 57 heavy (non-hydrogen) atoms. The van der Waals surface area contributed by atoms with E-state index >= 15 is 0 Å². The number of amides is 4. The first-order valence-electron chi connectivity index (χ1n) is 19.8. The SMILES string of the molecule is COC(=O)N[C@H](C(=O)N1CCC[C@H]1c1ncc(-c2ccc(-c3ccc(-c4cnc([C@@H]5CCCN5C(=O)[C@@H](NC(=O)OC)C5CCOCC5)[nH]4)cc3)cc2)[nH]1)C(C)C. The number of aromatic amines is 2. The Balaban J connectivity index is 0.999.